The van der Waals surface area contributed by atoms with E-state index in [2.05, 4.69) is 5.32 Å². The van der Waals surface area contributed by atoms with E-state index in [9.17, 15) is 14.5 Å². The van der Waals surface area contributed by atoms with Crippen LogP contribution < -0.4 is 5.32 Å². The molecule has 4 aromatic rings. The predicted octanol–water partition coefficient (Wildman–Crippen LogP) is 7.90. The number of aliphatic hydroxyl groups is 1. The molecule has 52 heavy (non-hydrogen) atoms. The highest BCUT2D eigenvalue weighted by molar-refractivity contribution is 7.48. The van der Waals surface area contributed by atoms with Gasteiger partial charge in [-0.05, 0) is 22.3 Å². The predicted molar refractivity (Wildman–Crippen MR) is 195 cm³/mol. The first-order chi connectivity index (χ1) is 25.1. The van der Waals surface area contributed by atoms with Gasteiger partial charge in [0.05, 0.1) is 33.0 Å². The average molecular weight is 795 g/mol. The minimum absolute atomic E-state index is 0.0667. The SMILES string of the molecule is O=C(N[C@H]1C(O)O[C@H](COP(=O)(OCc2ccccc2)OCc2ccccc2)[C@@H](OCc2ccccc2)[C@@H]1OCc1ccccc1)OCC(Cl)(Cl)Cl. The maximum atomic E-state index is 14.2. The molecule has 1 heterocycles. The number of amides is 1. The normalized spacial score (nSPS) is 20.7. The van der Waals surface area contributed by atoms with E-state index in [1.54, 1.807) is 0 Å². The second-order valence-electron chi connectivity index (χ2n) is 11.7. The molecular formula is C37H39Cl3NO10P. The molecule has 1 fully saturated rings. The molecule has 1 aliphatic rings. The van der Waals surface area contributed by atoms with Crippen LogP contribution in [0.3, 0.4) is 0 Å². The maximum absolute atomic E-state index is 14.2. The smallest absolute Gasteiger partial charge is 0.445 e. The molecule has 0 aliphatic carbocycles. The Bertz CT molecular complexity index is 1640. The topological polar surface area (TPSA) is 131 Å². The van der Waals surface area contributed by atoms with Crippen molar-refractivity contribution in [3.8, 4) is 0 Å². The van der Waals surface area contributed by atoms with Gasteiger partial charge >= 0.3 is 13.9 Å². The van der Waals surface area contributed by atoms with Gasteiger partial charge in [0.15, 0.2) is 6.29 Å². The van der Waals surface area contributed by atoms with Crippen LogP contribution in [-0.4, -0.2) is 58.8 Å². The quantitative estimate of drug-likeness (QED) is 0.0804. The van der Waals surface area contributed by atoms with Crippen molar-refractivity contribution in [3.05, 3.63) is 144 Å². The third-order valence-electron chi connectivity index (χ3n) is 7.75. The number of alkyl halides is 3. The van der Waals surface area contributed by atoms with Crippen molar-refractivity contribution in [1.82, 2.24) is 5.32 Å². The molecule has 278 valence electrons. The Morgan fingerprint density at radius 2 is 1.10 bits per heavy atom. The molecular weight excluding hydrogens is 756 g/mol. The maximum Gasteiger partial charge on any atom is 0.475 e. The monoisotopic (exact) mass is 793 g/mol. The fourth-order valence-corrected chi connectivity index (χ4v) is 6.53. The number of alkyl carbamates (subject to hydrolysis) is 1. The Balaban J connectivity index is 1.40. The lowest BCUT2D eigenvalue weighted by molar-refractivity contribution is -0.273. The summed E-state index contributed by atoms with van der Waals surface area (Å²) in [4.78, 5) is 12.9. The third kappa shape index (κ3) is 13.1. The van der Waals surface area contributed by atoms with Crippen molar-refractivity contribution in [2.75, 3.05) is 13.2 Å². The van der Waals surface area contributed by atoms with Gasteiger partial charge in [-0.2, -0.15) is 0 Å². The van der Waals surface area contributed by atoms with E-state index < -0.39 is 61.6 Å². The van der Waals surface area contributed by atoms with Crippen molar-refractivity contribution >= 4 is 48.7 Å². The van der Waals surface area contributed by atoms with Crippen LogP contribution in [-0.2, 0) is 63.5 Å². The molecule has 2 N–H and O–H groups in total. The molecule has 4 aromatic carbocycles. The summed E-state index contributed by atoms with van der Waals surface area (Å²) in [7, 11) is -4.27. The van der Waals surface area contributed by atoms with Crippen molar-refractivity contribution in [1.29, 1.82) is 0 Å². The third-order valence-corrected chi connectivity index (χ3v) is 9.43. The minimum atomic E-state index is -4.27. The summed E-state index contributed by atoms with van der Waals surface area (Å²) < 4.78 is 53.7. The van der Waals surface area contributed by atoms with Crippen molar-refractivity contribution in [2.24, 2.45) is 0 Å². The Kier molecular flexibility index (Phi) is 15.4. The highest BCUT2D eigenvalue weighted by Crippen LogP contribution is 2.51. The van der Waals surface area contributed by atoms with Crippen LogP contribution in [0, 0.1) is 0 Å². The molecule has 0 aromatic heterocycles. The van der Waals surface area contributed by atoms with Crippen LogP contribution >= 0.6 is 42.6 Å². The number of aliphatic hydroxyl groups excluding tert-OH is 1. The first-order valence-electron chi connectivity index (χ1n) is 16.3. The largest absolute Gasteiger partial charge is 0.475 e. The molecule has 1 saturated heterocycles. The van der Waals surface area contributed by atoms with E-state index in [1.165, 1.54) is 0 Å². The van der Waals surface area contributed by atoms with Crippen molar-refractivity contribution in [2.45, 2.75) is 60.9 Å². The molecule has 11 nitrogen and oxygen atoms in total. The second-order valence-corrected chi connectivity index (χ2v) is 15.9. The van der Waals surface area contributed by atoms with Gasteiger partial charge in [-0.25, -0.2) is 9.36 Å². The lowest BCUT2D eigenvalue weighted by Crippen LogP contribution is -2.65. The molecule has 1 unspecified atom stereocenters. The molecule has 15 heteroatoms. The lowest BCUT2D eigenvalue weighted by Gasteiger charge is -2.44. The summed E-state index contributed by atoms with van der Waals surface area (Å²) in [5.41, 5.74) is 3.12. The van der Waals surface area contributed by atoms with Crippen LogP contribution in [0.2, 0.25) is 0 Å². The number of hydrogen-bond donors (Lipinski definition) is 2. The van der Waals surface area contributed by atoms with E-state index in [1.807, 2.05) is 121 Å². The first kappa shape index (κ1) is 40.2. The van der Waals surface area contributed by atoms with E-state index in [0.717, 1.165) is 22.3 Å². The van der Waals surface area contributed by atoms with Gasteiger partial charge in [-0.15, -0.1) is 0 Å². The average Bonchev–Trinajstić information content (AvgIpc) is 3.16. The highest BCUT2D eigenvalue weighted by atomic mass is 35.6. The van der Waals surface area contributed by atoms with Gasteiger partial charge < -0.3 is 29.4 Å². The van der Waals surface area contributed by atoms with Gasteiger partial charge in [0.2, 0.25) is 3.79 Å². The van der Waals surface area contributed by atoms with Crippen LogP contribution in [0.25, 0.3) is 0 Å². The number of phosphoric ester groups is 1. The Hall–Kier alpha value is -3.03. The Labute approximate surface area is 317 Å². The Morgan fingerprint density at radius 3 is 1.54 bits per heavy atom. The van der Waals surface area contributed by atoms with E-state index in [-0.39, 0.29) is 26.4 Å². The minimum Gasteiger partial charge on any atom is -0.445 e. The van der Waals surface area contributed by atoms with Crippen LogP contribution in [0.5, 0.6) is 0 Å². The molecule has 1 aliphatic heterocycles. The molecule has 5 rings (SSSR count). The number of rotatable bonds is 17. The number of benzene rings is 4. The van der Waals surface area contributed by atoms with Gasteiger partial charge in [-0.1, -0.05) is 156 Å². The fourth-order valence-electron chi connectivity index (χ4n) is 5.20. The van der Waals surface area contributed by atoms with Gasteiger partial charge in [0.25, 0.3) is 0 Å². The zero-order chi connectivity index (χ0) is 36.8. The standard InChI is InChI=1S/C37H39Cl3NO10P/c38-37(39,40)26-47-36(43)41-32-34(46-22-28-15-7-2-8-16-28)33(45-21-27-13-5-1-6-14-27)31(51-35(32)42)25-50-52(44,48-23-29-17-9-3-10-18-29)49-24-30-19-11-4-12-20-30/h1-20,31-35,42H,21-26H2,(H,41,43)/t31-,32-,33-,34-,35?/m1/s1. The van der Waals surface area contributed by atoms with E-state index >= 15 is 0 Å². The number of ether oxygens (including phenoxy) is 4. The summed E-state index contributed by atoms with van der Waals surface area (Å²) in [6.07, 6.45) is -5.89. The van der Waals surface area contributed by atoms with Gasteiger partial charge in [0, 0.05) is 0 Å². The molecule has 0 bridgehead atoms. The summed E-state index contributed by atoms with van der Waals surface area (Å²) in [5.74, 6) is 0. The molecule has 0 spiro atoms. The first-order valence-corrected chi connectivity index (χ1v) is 18.9. The Morgan fingerprint density at radius 1 is 0.673 bits per heavy atom. The number of carbonyl (C=O) groups is 1. The molecule has 5 atom stereocenters. The number of halogens is 3. The van der Waals surface area contributed by atoms with E-state index in [4.69, 9.17) is 67.3 Å². The van der Waals surface area contributed by atoms with E-state index in [0.29, 0.717) is 0 Å². The van der Waals surface area contributed by atoms with Gasteiger partial charge in [-0.3, -0.25) is 13.6 Å². The summed E-state index contributed by atoms with van der Waals surface area (Å²) in [6, 6.07) is 35.7. The molecule has 1 amide bonds. The second kappa shape index (κ2) is 19.9. The number of nitrogens with one attached hydrogen (secondary N) is 1. The number of carbonyl (C=O) groups excluding carboxylic acids is 1. The lowest BCUT2D eigenvalue weighted by atomic mass is 9.96. The fraction of sp³-hybridized carbons (Fsp3) is 0.324. The highest BCUT2D eigenvalue weighted by Gasteiger charge is 2.49. The summed E-state index contributed by atoms with van der Waals surface area (Å²) in [5, 5.41) is 13.9. The molecule has 0 saturated carbocycles. The molecule has 0 radical (unpaired) electrons. The number of phosphoric acid groups is 1. The van der Waals surface area contributed by atoms with Crippen molar-refractivity contribution in [3.63, 3.8) is 0 Å². The summed E-state index contributed by atoms with van der Waals surface area (Å²) >= 11 is 17.3. The van der Waals surface area contributed by atoms with Crippen LogP contribution in [0.4, 0.5) is 4.79 Å². The van der Waals surface area contributed by atoms with Gasteiger partial charge in [0.1, 0.15) is 31.0 Å². The summed E-state index contributed by atoms with van der Waals surface area (Å²) in [6.45, 7) is -0.970. The number of hydrogen-bond acceptors (Lipinski definition) is 10. The zero-order valence-corrected chi connectivity index (χ0v) is 31.0. The van der Waals surface area contributed by atoms with Crippen molar-refractivity contribution < 1.29 is 47.0 Å². The van der Waals surface area contributed by atoms with Crippen LogP contribution in [0.15, 0.2) is 121 Å². The zero-order valence-electron chi connectivity index (χ0n) is 27.9. The van der Waals surface area contributed by atoms with Crippen LogP contribution in [0.1, 0.15) is 22.3 Å².